The van der Waals surface area contributed by atoms with E-state index in [1.165, 1.54) is 5.56 Å². The number of amides is 1. The van der Waals surface area contributed by atoms with E-state index < -0.39 is 0 Å². The number of carbonyl (C=O) groups is 1. The molecule has 0 spiro atoms. The van der Waals surface area contributed by atoms with Crippen molar-refractivity contribution in [2.45, 2.75) is 26.8 Å². The molecule has 0 aliphatic heterocycles. The molecular formula is C20H23N3O. The zero-order valence-electron chi connectivity index (χ0n) is 14.3. The molecule has 1 amide bonds. The van der Waals surface area contributed by atoms with Crippen LogP contribution in [-0.2, 0) is 4.79 Å². The Hall–Kier alpha value is -2.88. The Kier molecular flexibility index (Phi) is 6.32. The van der Waals surface area contributed by atoms with E-state index in [-0.39, 0.29) is 11.9 Å². The third-order valence-electron chi connectivity index (χ3n) is 3.49. The number of rotatable bonds is 6. The summed E-state index contributed by atoms with van der Waals surface area (Å²) < 4.78 is 0. The van der Waals surface area contributed by atoms with E-state index in [0.29, 0.717) is 0 Å². The van der Waals surface area contributed by atoms with E-state index >= 15 is 0 Å². The molecule has 4 heteroatoms. The molecule has 0 unspecified atom stereocenters. The Morgan fingerprint density at radius 1 is 1.08 bits per heavy atom. The molecule has 0 aliphatic rings. The van der Waals surface area contributed by atoms with Gasteiger partial charge in [-0.1, -0.05) is 54.1 Å². The van der Waals surface area contributed by atoms with Crippen LogP contribution in [-0.4, -0.2) is 17.7 Å². The lowest BCUT2D eigenvalue weighted by Crippen LogP contribution is -2.35. The second-order valence-electron chi connectivity index (χ2n) is 5.71. The van der Waals surface area contributed by atoms with Crippen molar-refractivity contribution >= 4 is 23.4 Å². The standard InChI is InChI=1S/C20H23N3O/c1-15-9-13-19(14-10-15)21-17(3)20(24)23-22-16(2)11-12-18-7-5-4-6-8-18/h4-14,17,21H,1-3H3,(H,23,24)/b12-11+,22-16+/t17-/m0/s1. The Balaban J connectivity index is 1.86. The summed E-state index contributed by atoms with van der Waals surface area (Å²) in [6.07, 6.45) is 3.83. The lowest BCUT2D eigenvalue weighted by Gasteiger charge is -2.13. The molecule has 0 saturated heterocycles. The third-order valence-corrected chi connectivity index (χ3v) is 3.49. The first-order chi connectivity index (χ1) is 11.5. The van der Waals surface area contributed by atoms with Crippen molar-refractivity contribution in [2.24, 2.45) is 5.10 Å². The maximum absolute atomic E-state index is 12.1. The zero-order chi connectivity index (χ0) is 17.4. The summed E-state index contributed by atoms with van der Waals surface area (Å²) in [4.78, 5) is 12.1. The van der Waals surface area contributed by atoms with Crippen molar-refractivity contribution in [3.63, 3.8) is 0 Å². The topological polar surface area (TPSA) is 53.5 Å². The summed E-state index contributed by atoms with van der Waals surface area (Å²) in [6.45, 7) is 5.68. The van der Waals surface area contributed by atoms with Crippen LogP contribution in [0.25, 0.3) is 6.08 Å². The van der Waals surface area contributed by atoms with Crippen LogP contribution < -0.4 is 10.7 Å². The van der Waals surface area contributed by atoms with Gasteiger partial charge in [-0.15, -0.1) is 0 Å². The molecule has 1 atom stereocenters. The van der Waals surface area contributed by atoms with Gasteiger partial charge < -0.3 is 5.32 Å². The van der Waals surface area contributed by atoms with Crippen molar-refractivity contribution in [1.82, 2.24) is 5.43 Å². The zero-order valence-corrected chi connectivity index (χ0v) is 14.3. The van der Waals surface area contributed by atoms with E-state index in [2.05, 4.69) is 15.8 Å². The minimum atomic E-state index is -0.373. The van der Waals surface area contributed by atoms with E-state index in [1.807, 2.05) is 80.6 Å². The summed E-state index contributed by atoms with van der Waals surface area (Å²) in [6, 6.07) is 17.5. The highest BCUT2D eigenvalue weighted by molar-refractivity contribution is 5.97. The Bertz CT molecular complexity index is 718. The molecule has 4 nitrogen and oxygen atoms in total. The lowest BCUT2D eigenvalue weighted by atomic mass is 10.2. The molecule has 0 fully saturated rings. The van der Waals surface area contributed by atoms with Gasteiger partial charge in [0.25, 0.3) is 5.91 Å². The predicted octanol–water partition coefficient (Wildman–Crippen LogP) is 4.00. The third kappa shape index (κ3) is 5.72. The molecule has 2 rings (SSSR count). The molecule has 2 N–H and O–H groups in total. The normalized spacial score (nSPS) is 12.9. The monoisotopic (exact) mass is 321 g/mol. The Morgan fingerprint density at radius 3 is 2.42 bits per heavy atom. The fraction of sp³-hybridized carbons (Fsp3) is 0.200. The smallest absolute Gasteiger partial charge is 0.262 e. The maximum atomic E-state index is 12.1. The van der Waals surface area contributed by atoms with Crippen LogP contribution in [0.3, 0.4) is 0 Å². The largest absolute Gasteiger partial charge is 0.374 e. The number of hydrazone groups is 1. The summed E-state index contributed by atoms with van der Waals surface area (Å²) in [5, 5.41) is 7.26. The first kappa shape index (κ1) is 17.5. The number of hydrogen-bond donors (Lipinski definition) is 2. The van der Waals surface area contributed by atoms with Crippen molar-refractivity contribution < 1.29 is 4.79 Å². The molecular weight excluding hydrogens is 298 g/mol. The summed E-state index contributed by atoms with van der Waals surface area (Å²) in [7, 11) is 0. The number of nitrogens with zero attached hydrogens (tertiary/aromatic N) is 1. The molecule has 2 aromatic carbocycles. The van der Waals surface area contributed by atoms with E-state index in [9.17, 15) is 4.79 Å². The van der Waals surface area contributed by atoms with Crippen molar-refractivity contribution in [2.75, 3.05) is 5.32 Å². The van der Waals surface area contributed by atoms with Crippen LogP contribution in [0.15, 0.2) is 65.8 Å². The van der Waals surface area contributed by atoms with Crippen LogP contribution in [0.1, 0.15) is 25.0 Å². The second kappa shape index (κ2) is 8.67. The molecule has 2 aromatic rings. The van der Waals surface area contributed by atoms with Crippen LogP contribution in [0.4, 0.5) is 5.69 Å². The van der Waals surface area contributed by atoms with Gasteiger partial charge >= 0.3 is 0 Å². The Labute approximate surface area is 143 Å². The number of allylic oxidation sites excluding steroid dienone is 1. The van der Waals surface area contributed by atoms with Crippen molar-refractivity contribution in [3.8, 4) is 0 Å². The Morgan fingerprint density at radius 2 is 1.75 bits per heavy atom. The molecule has 124 valence electrons. The van der Waals surface area contributed by atoms with E-state index in [1.54, 1.807) is 6.92 Å². The van der Waals surface area contributed by atoms with E-state index in [4.69, 9.17) is 0 Å². The van der Waals surface area contributed by atoms with Gasteiger partial charge in [0.15, 0.2) is 0 Å². The van der Waals surface area contributed by atoms with Crippen LogP contribution >= 0.6 is 0 Å². The highest BCUT2D eigenvalue weighted by atomic mass is 16.2. The van der Waals surface area contributed by atoms with Gasteiger partial charge in [0, 0.05) is 5.69 Å². The predicted molar refractivity (Wildman–Crippen MR) is 101 cm³/mol. The average molecular weight is 321 g/mol. The second-order valence-corrected chi connectivity index (χ2v) is 5.71. The molecule has 0 saturated carbocycles. The number of anilines is 1. The number of hydrogen-bond acceptors (Lipinski definition) is 3. The highest BCUT2D eigenvalue weighted by Gasteiger charge is 2.11. The van der Waals surface area contributed by atoms with Gasteiger partial charge in [0.05, 0.1) is 5.71 Å². The molecule has 0 aromatic heterocycles. The first-order valence-corrected chi connectivity index (χ1v) is 7.95. The highest BCUT2D eigenvalue weighted by Crippen LogP contribution is 2.10. The van der Waals surface area contributed by atoms with E-state index in [0.717, 1.165) is 17.0 Å². The van der Waals surface area contributed by atoms with Crippen LogP contribution in [0, 0.1) is 6.92 Å². The van der Waals surface area contributed by atoms with Crippen molar-refractivity contribution in [3.05, 3.63) is 71.8 Å². The summed E-state index contributed by atoms with van der Waals surface area (Å²) in [5.74, 6) is -0.178. The minimum Gasteiger partial charge on any atom is -0.374 e. The van der Waals surface area contributed by atoms with Gasteiger partial charge in [0.1, 0.15) is 6.04 Å². The molecule has 24 heavy (non-hydrogen) atoms. The van der Waals surface area contributed by atoms with Gasteiger partial charge in [-0.3, -0.25) is 4.79 Å². The number of aryl methyl sites for hydroxylation is 1. The van der Waals surface area contributed by atoms with Crippen LogP contribution in [0.5, 0.6) is 0 Å². The van der Waals surface area contributed by atoms with Crippen molar-refractivity contribution in [1.29, 1.82) is 0 Å². The maximum Gasteiger partial charge on any atom is 0.262 e. The van der Waals surface area contributed by atoms with Gasteiger partial charge in [-0.25, -0.2) is 5.43 Å². The lowest BCUT2D eigenvalue weighted by molar-refractivity contribution is -0.121. The molecule has 0 heterocycles. The fourth-order valence-electron chi connectivity index (χ4n) is 2.02. The van der Waals surface area contributed by atoms with Gasteiger partial charge in [-0.2, -0.15) is 5.10 Å². The number of carbonyl (C=O) groups excluding carboxylic acids is 1. The van der Waals surface area contributed by atoms with Gasteiger partial charge in [-0.05, 0) is 44.5 Å². The molecule has 0 radical (unpaired) electrons. The quantitative estimate of drug-likeness (QED) is 0.624. The van der Waals surface area contributed by atoms with Gasteiger partial charge in [0.2, 0.25) is 0 Å². The molecule has 0 aliphatic carbocycles. The fourth-order valence-corrected chi connectivity index (χ4v) is 2.02. The SMILES string of the molecule is CC(/C=C/c1ccccc1)=N\NC(=O)[C@H](C)Nc1ccc(C)cc1. The first-order valence-electron chi connectivity index (χ1n) is 7.95. The van der Waals surface area contributed by atoms with Crippen LogP contribution in [0.2, 0.25) is 0 Å². The number of nitrogens with one attached hydrogen (secondary N) is 2. The minimum absolute atomic E-state index is 0.178. The average Bonchev–Trinajstić information content (AvgIpc) is 2.60. The summed E-state index contributed by atoms with van der Waals surface area (Å²) >= 11 is 0. The number of benzene rings is 2. The summed E-state index contributed by atoms with van der Waals surface area (Å²) in [5.41, 5.74) is 6.50. The molecule has 0 bridgehead atoms.